The van der Waals surface area contributed by atoms with E-state index in [4.69, 9.17) is 0 Å². The van der Waals surface area contributed by atoms with Gasteiger partial charge < -0.3 is 5.32 Å². The number of aromatic nitrogens is 6. The SMILES string of the molecule is Cn1cc(CNc2ccc(Cn3cncn3)cc2)nn1. The Labute approximate surface area is 116 Å². The lowest BCUT2D eigenvalue weighted by molar-refractivity contribution is 0.685. The summed E-state index contributed by atoms with van der Waals surface area (Å²) in [5.41, 5.74) is 3.15. The molecule has 1 aromatic carbocycles. The van der Waals surface area contributed by atoms with Gasteiger partial charge in [0.25, 0.3) is 0 Å². The molecule has 0 aliphatic carbocycles. The fraction of sp³-hybridized carbons (Fsp3) is 0.231. The van der Waals surface area contributed by atoms with Crippen molar-refractivity contribution in [2.24, 2.45) is 7.05 Å². The Morgan fingerprint density at radius 3 is 2.70 bits per heavy atom. The highest BCUT2D eigenvalue weighted by Crippen LogP contribution is 2.11. The number of aryl methyl sites for hydroxylation is 1. The molecule has 0 aliphatic rings. The van der Waals surface area contributed by atoms with Crippen molar-refractivity contribution >= 4 is 5.69 Å². The molecule has 2 aromatic heterocycles. The van der Waals surface area contributed by atoms with Crippen LogP contribution in [0.3, 0.4) is 0 Å². The summed E-state index contributed by atoms with van der Waals surface area (Å²) in [6, 6.07) is 8.23. The van der Waals surface area contributed by atoms with Crippen LogP contribution in [0.4, 0.5) is 5.69 Å². The van der Waals surface area contributed by atoms with Crippen LogP contribution in [0, 0.1) is 0 Å². The first-order chi connectivity index (χ1) is 9.79. The standard InChI is InChI=1S/C13H15N7/c1-19-8-13(17-18-19)6-15-12-4-2-11(3-5-12)7-20-10-14-9-16-20/h2-5,8-10,15H,6-7H2,1H3. The minimum absolute atomic E-state index is 0.663. The summed E-state index contributed by atoms with van der Waals surface area (Å²) in [7, 11) is 1.86. The topological polar surface area (TPSA) is 73.5 Å². The van der Waals surface area contributed by atoms with Gasteiger partial charge in [-0.05, 0) is 17.7 Å². The highest BCUT2D eigenvalue weighted by Gasteiger charge is 1.99. The van der Waals surface area contributed by atoms with Crippen molar-refractivity contribution in [3.63, 3.8) is 0 Å². The minimum atomic E-state index is 0.663. The molecule has 20 heavy (non-hydrogen) atoms. The summed E-state index contributed by atoms with van der Waals surface area (Å²) in [4.78, 5) is 3.93. The minimum Gasteiger partial charge on any atom is -0.379 e. The fourth-order valence-electron chi connectivity index (χ4n) is 1.90. The van der Waals surface area contributed by atoms with Crippen LogP contribution in [0.1, 0.15) is 11.3 Å². The van der Waals surface area contributed by atoms with Crippen molar-refractivity contribution in [2.45, 2.75) is 13.1 Å². The number of nitrogens with zero attached hydrogens (tertiary/aromatic N) is 6. The monoisotopic (exact) mass is 269 g/mol. The van der Waals surface area contributed by atoms with E-state index >= 15 is 0 Å². The number of nitrogens with one attached hydrogen (secondary N) is 1. The van der Waals surface area contributed by atoms with Gasteiger partial charge in [0.1, 0.15) is 18.3 Å². The van der Waals surface area contributed by atoms with Gasteiger partial charge in [0.05, 0.1) is 13.1 Å². The molecule has 7 nitrogen and oxygen atoms in total. The van der Waals surface area contributed by atoms with Crippen LogP contribution in [-0.4, -0.2) is 29.8 Å². The average molecular weight is 269 g/mol. The van der Waals surface area contributed by atoms with Crippen LogP contribution in [0.25, 0.3) is 0 Å². The van der Waals surface area contributed by atoms with Crippen molar-refractivity contribution in [3.05, 3.63) is 54.4 Å². The third-order valence-corrected chi connectivity index (χ3v) is 2.89. The Morgan fingerprint density at radius 2 is 2.05 bits per heavy atom. The lowest BCUT2D eigenvalue weighted by atomic mass is 10.2. The van der Waals surface area contributed by atoms with Crippen LogP contribution >= 0.6 is 0 Å². The van der Waals surface area contributed by atoms with Gasteiger partial charge in [0.2, 0.25) is 0 Å². The van der Waals surface area contributed by atoms with Crippen LogP contribution in [-0.2, 0) is 20.1 Å². The average Bonchev–Trinajstić information content (AvgIpc) is 3.10. The Balaban J connectivity index is 1.58. The molecule has 0 amide bonds. The lowest BCUT2D eigenvalue weighted by Crippen LogP contribution is -2.02. The van der Waals surface area contributed by atoms with E-state index in [2.05, 4.69) is 37.8 Å². The van der Waals surface area contributed by atoms with Gasteiger partial charge in [-0.2, -0.15) is 5.10 Å². The highest BCUT2D eigenvalue weighted by atomic mass is 15.4. The zero-order chi connectivity index (χ0) is 13.8. The van der Waals surface area contributed by atoms with Gasteiger partial charge in [0, 0.05) is 18.9 Å². The Kier molecular flexibility index (Phi) is 3.40. The second-order valence-corrected chi connectivity index (χ2v) is 4.53. The fourth-order valence-corrected chi connectivity index (χ4v) is 1.90. The quantitative estimate of drug-likeness (QED) is 0.750. The predicted octanol–water partition coefficient (Wildman–Crippen LogP) is 1.07. The van der Waals surface area contributed by atoms with Gasteiger partial charge in [-0.15, -0.1) is 5.10 Å². The van der Waals surface area contributed by atoms with Crippen LogP contribution in [0.15, 0.2) is 43.1 Å². The van der Waals surface area contributed by atoms with Gasteiger partial charge in [-0.25, -0.2) is 9.67 Å². The predicted molar refractivity (Wildman–Crippen MR) is 73.9 cm³/mol. The molecule has 0 bridgehead atoms. The maximum atomic E-state index is 4.08. The van der Waals surface area contributed by atoms with Crippen LogP contribution in [0.5, 0.6) is 0 Å². The van der Waals surface area contributed by atoms with E-state index in [1.807, 2.05) is 25.4 Å². The molecule has 0 aliphatic heterocycles. The summed E-state index contributed by atoms with van der Waals surface area (Å²) >= 11 is 0. The normalized spacial score (nSPS) is 10.7. The molecule has 7 heteroatoms. The van der Waals surface area contributed by atoms with Crippen LogP contribution in [0.2, 0.25) is 0 Å². The molecule has 0 radical (unpaired) electrons. The summed E-state index contributed by atoms with van der Waals surface area (Å²) in [5, 5.41) is 15.3. The van der Waals surface area contributed by atoms with E-state index < -0.39 is 0 Å². The molecule has 1 N–H and O–H groups in total. The van der Waals surface area contributed by atoms with E-state index in [1.54, 1.807) is 15.7 Å². The van der Waals surface area contributed by atoms with Gasteiger partial charge in [-0.1, -0.05) is 17.3 Å². The first kappa shape index (κ1) is 12.3. The molecule has 3 rings (SSSR count). The lowest BCUT2D eigenvalue weighted by Gasteiger charge is -2.06. The molecule has 0 spiro atoms. The molecule has 0 saturated carbocycles. The first-order valence-electron chi connectivity index (χ1n) is 6.30. The highest BCUT2D eigenvalue weighted by molar-refractivity contribution is 5.44. The van der Waals surface area contributed by atoms with Crippen LogP contribution < -0.4 is 5.32 Å². The molecule has 0 saturated heterocycles. The maximum absolute atomic E-state index is 4.08. The first-order valence-corrected chi connectivity index (χ1v) is 6.30. The van der Waals surface area contributed by atoms with Crippen molar-refractivity contribution in [2.75, 3.05) is 5.32 Å². The van der Waals surface area contributed by atoms with E-state index in [1.165, 1.54) is 11.9 Å². The van der Waals surface area contributed by atoms with E-state index in [-0.39, 0.29) is 0 Å². The molecule has 0 fully saturated rings. The zero-order valence-electron chi connectivity index (χ0n) is 11.1. The van der Waals surface area contributed by atoms with E-state index in [9.17, 15) is 0 Å². The van der Waals surface area contributed by atoms with Crippen molar-refractivity contribution < 1.29 is 0 Å². The summed E-state index contributed by atoms with van der Waals surface area (Å²) in [5.74, 6) is 0. The number of anilines is 1. The number of hydrogen-bond donors (Lipinski definition) is 1. The summed E-state index contributed by atoms with van der Waals surface area (Å²) < 4.78 is 3.49. The third kappa shape index (κ3) is 3.00. The summed E-state index contributed by atoms with van der Waals surface area (Å²) in [6.45, 7) is 1.39. The molecule has 2 heterocycles. The second-order valence-electron chi connectivity index (χ2n) is 4.53. The molecular weight excluding hydrogens is 254 g/mol. The maximum Gasteiger partial charge on any atom is 0.137 e. The Morgan fingerprint density at radius 1 is 1.20 bits per heavy atom. The zero-order valence-corrected chi connectivity index (χ0v) is 11.1. The molecule has 102 valence electrons. The van der Waals surface area contributed by atoms with E-state index in [0.717, 1.165) is 17.9 Å². The third-order valence-electron chi connectivity index (χ3n) is 2.89. The van der Waals surface area contributed by atoms with Crippen molar-refractivity contribution in [1.29, 1.82) is 0 Å². The Bertz CT molecular complexity index is 654. The van der Waals surface area contributed by atoms with Gasteiger partial charge >= 0.3 is 0 Å². The Hall–Kier alpha value is -2.70. The largest absolute Gasteiger partial charge is 0.379 e. The molecule has 0 atom stereocenters. The van der Waals surface area contributed by atoms with Gasteiger partial charge in [0.15, 0.2) is 0 Å². The molecular formula is C13H15N7. The van der Waals surface area contributed by atoms with Gasteiger partial charge in [-0.3, -0.25) is 4.68 Å². The number of rotatable bonds is 5. The summed E-state index contributed by atoms with van der Waals surface area (Å²) in [6.07, 6.45) is 5.14. The number of benzene rings is 1. The molecule has 0 unspecified atom stereocenters. The smallest absolute Gasteiger partial charge is 0.137 e. The number of hydrogen-bond acceptors (Lipinski definition) is 5. The van der Waals surface area contributed by atoms with E-state index in [0.29, 0.717) is 6.54 Å². The van der Waals surface area contributed by atoms with Crippen molar-refractivity contribution in [3.8, 4) is 0 Å². The second kappa shape index (κ2) is 5.52. The molecule has 3 aromatic rings. The van der Waals surface area contributed by atoms with Crippen molar-refractivity contribution in [1.82, 2.24) is 29.8 Å².